The first-order valence-corrected chi connectivity index (χ1v) is 32.1. The van der Waals surface area contributed by atoms with Crippen LogP contribution in [0.1, 0.15) is 71.3 Å². The third-order valence-electron chi connectivity index (χ3n) is 14.6. The predicted octanol–water partition coefficient (Wildman–Crippen LogP) is 5.58. The summed E-state index contributed by atoms with van der Waals surface area (Å²) in [6.45, 7) is 13.6. The number of aromatic nitrogens is 4. The number of hydrogen-bond acceptors (Lipinski definition) is 21. The number of aryl methyl sites for hydroxylation is 2. The molecule has 4 heterocycles. The molecular formula is C56H68Cl3FK2N12O11P2. The Bertz CT molecular complexity index is 3550. The Morgan fingerprint density at radius 2 is 1.07 bits per heavy atom. The molecule has 2 aliphatic heterocycles. The molecule has 458 valence electrons. The molecule has 0 amide bonds. The molecule has 2 saturated heterocycles. The molecule has 4 fully saturated rings. The van der Waals surface area contributed by atoms with E-state index in [0.717, 1.165) is 56.5 Å². The average molecular weight is 1350 g/mol. The summed E-state index contributed by atoms with van der Waals surface area (Å²) in [6, 6.07) is 19.8. The number of ketones is 2. The largest absolute Gasteiger partial charge is 1.00 e. The van der Waals surface area contributed by atoms with Crippen molar-refractivity contribution >= 4 is 142 Å². The first-order valence-electron chi connectivity index (χ1n) is 26.1. The number of para-hydroxylation sites is 2. The summed E-state index contributed by atoms with van der Waals surface area (Å²) in [4.78, 5) is 74.6. The van der Waals surface area contributed by atoms with Crippen LogP contribution in [0.4, 0.5) is 67.7 Å². The quantitative estimate of drug-likeness (QED) is 0.0222. The number of carbonyl (C=O) groups is 3. The molecule has 0 bridgehead atoms. The van der Waals surface area contributed by atoms with E-state index in [0.29, 0.717) is 87.7 Å². The molecule has 2 aromatic heterocycles. The average Bonchev–Trinajstić information content (AvgIpc) is 1.03. The molecule has 23 nitrogen and oxygen atoms in total. The topological polar surface area (TPSA) is 319 Å². The number of nitro groups is 2. The molecular weight excluding hydrogens is 1280 g/mol. The Morgan fingerprint density at radius 3 is 1.46 bits per heavy atom. The van der Waals surface area contributed by atoms with E-state index in [2.05, 4.69) is 51.4 Å². The molecule has 4 aromatic carbocycles. The minimum absolute atomic E-state index is 0. The summed E-state index contributed by atoms with van der Waals surface area (Å²) in [5.74, 6) is 0.725. The summed E-state index contributed by atoms with van der Waals surface area (Å²) in [6.07, 6.45) is 9.95. The molecule has 2 saturated carbocycles. The van der Waals surface area contributed by atoms with Crippen LogP contribution in [0.25, 0.3) is 0 Å². The molecule has 0 unspecified atom stereocenters. The molecule has 0 atom stereocenters. The van der Waals surface area contributed by atoms with Gasteiger partial charge in [-0.1, -0.05) is 54.9 Å². The van der Waals surface area contributed by atoms with Gasteiger partial charge >= 0.3 is 108 Å². The van der Waals surface area contributed by atoms with Crippen molar-refractivity contribution in [3.8, 4) is 0 Å². The standard InChI is InChI=1S/C27H30ClN6O4P.C19H18ClFN5O3P.C8H13NO.CH2O3.CH4.ClH.2K.H/c1-17-12-22(33-10-8-27(9-11-33)14-18(35)15-27)23(34(36)37)13-21(17)31-26-29-16-19(28)25(32-26)30-20-6-4-5-7-24(20)39(2,3)38;1-11-8-13(21)16(26(27)28)9-15(11)24-19-22-10-12(20)18(25-19)23-14-6-4-5-7-17(14)30(2,3)29;10-7-5-8(6-7)1-3-9-4-2-8;2-1-4-3;;;;;/h4-7,12-13,16H,8-11,14-15H2,1-3H3,(H2,29,30,31,32);4-10H,1-3H3,(H2,22,23,24,25);9H,1-6H2;1,3H;1H4;1H;;;/q;;;;;;2*+1;-1/p-1. The van der Waals surface area contributed by atoms with E-state index < -0.39 is 30.7 Å². The summed E-state index contributed by atoms with van der Waals surface area (Å²) < 4.78 is 39.1. The molecule has 5 N–H and O–H groups in total. The Balaban J connectivity index is 0.000000476. The Labute approximate surface area is 606 Å². The van der Waals surface area contributed by atoms with Crippen LogP contribution < -0.4 is 150 Å². The van der Waals surface area contributed by atoms with Crippen molar-refractivity contribution in [1.82, 2.24) is 25.3 Å². The van der Waals surface area contributed by atoms with Gasteiger partial charge in [-0.05, 0) is 138 Å². The van der Waals surface area contributed by atoms with Gasteiger partial charge < -0.3 is 52.2 Å². The summed E-state index contributed by atoms with van der Waals surface area (Å²) in [7, 11) is -5.13. The first-order chi connectivity index (χ1) is 39.2. The number of hydrogen-bond donors (Lipinski definition) is 5. The molecule has 0 radical (unpaired) electrons. The van der Waals surface area contributed by atoms with Crippen LogP contribution >= 0.6 is 49.9 Å². The SMILES string of the molecule is C.Cc1cc(F)c([N+](=O)[O-])cc1Nc1ncc(Cl)c(Nc2ccccc2P(C)(C)=O)n1.Cc1cc(N2CCC3(CC2)CC(=O)C3)c([N+](=O)[O-])cc1Nc1ncc(Cl)c(Nc2ccccc2P(C)(C)=O)n1.Cl.O=C1CC2(CCNCC2)C1.O=CO[O-].[H-].[K+].[K+]. The number of anilines is 9. The Kier molecular flexibility index (Phi) is 30.2. The smallest absolute Gasteiger partial charge is 1.00 e. The molecule has 87 heavy (non-hydrogen) atoms. The fraction of sp³-hybridized carbons (Fsp3) is 0.375. The second-order valence-corrected chi connectivity index (χ2v) is 28.7. The van der Waals surface area contributed by atoms with Crippen molar-refractivity contribution in [2.24, 2.45) is 10.8 Å². The zero-order valence-corrected chi connectivity index (χ0v) is 59.1. The van der Waals surface area contributed by atoms with E-state index in [1.807, 2.05) is 30.0 Å². The van der Waals surface area contributed by atoms with Crippen molar-refractivity contribution in [3.05, 3.63) is 132 Å². The number of carbonyl (C=O) groups excluding carboxylic acids is 3. The van der Waals surface area contributed by atoms with Gasteiger partial charge in [-0.25, -0.2) is 9.97 Å². The van der Waals surface area contributed by atoms with Gasteiger partial charge in [-0.15, -0.1) is 12.4 Å². The van der Waals surface area contributed by atoms with Crippen LogP contribution in [0.15, 0.2) is 85.2 Å². The number of rotatable bonds is 14. The first kappa shape index (κ1) is 77.3. The van der Waals surface area contributed by atoms with Gasteiger partial charge in [0.1, 0.15) is 41.6 Å². The maximum atomic E-state index is 13.8. The minimum atomic E-state index is -2.57. The van der Waals surface area contributed by atoms with Crippen LogP contribution in [-0.2, 0) is 28.4 Å². The van der Waals surface area contributed by atoms with Gasteiger partial charge in [0.05, 0.1) is 45.0 Å². The molecule has 31 heteroatoms. The van der Waals surface area contributed by atoms with Crippen molar-refractivity contribution in [2.45, 2.75) is 72.6 Å². The van der Waals surface area contributed by atoms with Gasteiger partial charge in [-0.3, -0.25) is 34.6 Å². The van der Waals surface area contributed by atoms with E-state index in [1.165, 1.54) is 31.3 Å². The van der Waals surface area contributed by atoms with Crippen molar-refractivity contribution < 1.29 is 152 Å². The third-order valence-corrected chi connectivity index (χ3v) is 18.3. The van der Waals surface area contributed by atoms with Crippen molar-refractivity contribution in [3.63, 3.8) is 0 Å². The monoisotopic (exact) mass is 1350 g/mol. The van der Waals surface area contributed by atoms with Gasteiger partial charge in [0.15, 0.2) is 11.6 Å². The summed E-state index contributed by atoms with van der Waals surface area (Å²) in [5, 5.41) is 48.8. The Hall–Kier alpha value is -3.90. The normalized spacial score (nSPS) is 15.0. The van der Waals surface area contributed by atoms with Crippen LogP contribution in [0.2, 0.25) is 10.0 Å². The van der Waals surface area contributed by atoms with Crippen LogP contribution in [-0.4, -0.2) is 101 Å². The maximum absolute atomic E-state index is 13.8. The van der Waals surface area contributed by atoms with E-state index >= 15 is 0 Å². The van der Waals surface area contributed by atoms with Crippen molar-refractivity contribution in [2.75, 3.05) is 79.0 Å². The predicted molar refractivity (Wildman–Crippen MR) is 333 cm³/mol. The summed E-state index contributed by atoms with van der Waals surface area (Å²) in [5.41, 5.74) is 3.69. The van der Waals surface area contributed by atoms with E-state index in [-0.39, 0.29) is 180 Å². The number of benzene rings is 4. The van der Waals surface area contributed by atoms with E-state index in [4.69, 9.17) is 33.3 Å². The van der Waals surface area contributed by atoms with Crippen LogP contribution in [0.3, 0.4) is 0 Å². The van der Waals surface area contributed by atoms with E-state index in [1.54, 1.807) is 70.0 Å². The number of nitrogens with zero attached hydrogens (tertiary/aromatic N) is 7. The number of nitro benzene ring substituents is 2. The Morgan fingerprint density at radius 1 is 0.678 bits per heavy atom. The molecule has 4 aliphatic rings. The fourth-order valence-electron chi connectivity index (χ4n) is 10.2. The number of Topliss-reactive ketones (excluding diaryl/α,β-unsaturated/α-hetero) is 2. The second kappa shape index (κ2) is 34.0. The molecule has 6 aromatic rings. The van der Waals surface area contributed by atoms with Crippen LogP contribution in [0, 0.1) is 50.7 Å². The maximum Gasteiger partial charge on any atom is 1.00 e. The molecule has 10 rings (SSSR count). The number of halogens is 4. The van der Waals surface area contributed by atoms with Gasteiger partial charge in [-0.2, -0.15) is 14.4 Å². The van der Waals surface area contributed by atoms with Gasteiger partial charge in [0.2, 0.25) is 17.7 Å². The van der Waals surface area contributed by atoms with E-state index in [9.17, 15) is 43.3 Å². The summed E-state index contributed by atoms with van der Waals surface area (Å²) >= 11 is 12.6. The van der Waals surface area contributed by atoms with Gasteiger partial charge in [0, 0.05) is 61.5 Å². The zero-order chi connectivity index (χ0) is 60.4. The zero-order valence-electron chi connectivity index (χ0n) is 49.7. The third kappa shape index (κ3) is 20.8. The number of nitrogens with one attached hydrogen (secondary N) is 5. The molecule has 2 aliphatic carbocycles. The van der Waals surface area contributed by atoms with Gasteiger partial charge in [0.25, 0.3) is 12.2 Å². The molecule has 2 spiro atoms. The number of piperidine rings is 2. The van der Waals surface area contributed by atoms with Crippen molar-refractivity contribution in [1.29, 1.82) is 0 Å². The second-order valence-electron chi connectivity index (χ2n) is 21.5. The fourth-order valence-corrected chi connectivity index (χ4v) is 12.8. The van der Waals surface area contributed by atoms with Crippen LogP contribution in [0.5, 0.6) is 0 Å². The minimum Gasteiger partial charge on any atom is -1.00 e.